The SMILES string of the molecule is C[C@@H]1CN(S(=O)(=O)c2ccc(C(=O)OCc3nnnn3-c3ccccc3)cc2)C[C@H](C)O1. The Bertz CT molecular complexity index is 1170. The number of sulfonamides is 1. The summed E-state index contributed by atoms with van der Waals surface area (Å²) >= 11 is 0. The van der Waals surface area contributed by atoms with Gasteiger partial charge in [0.25, 0.3) is 0 Å². The first-order valence-corrected chi connectivity index (χ1v) is 11.5. The van der Waals surface area contributed by atoms with E-state index in [1.165, 1.54) is 33.3 Å². The van der Waals surface area contributed by atoms with Gasteiger partial charge < -0.3 is 9.47 Å². The third-order valence-electron chi connectivity index (χ3n) is 4.98. The fourth-order valence-electron chi connectivity index (χ4n) is 3.52. The fourth-order valence-corrected chi connectivity index (χ4v) is 5.11. The van der Waals surface area contributed by atoms with Gasteiger partial charge >= 0.3 is 5.97 Å². The van der Waals surface area contributed by atoms with E-state index in [1.807, 2.05) is 44.2 Å². The Kier molecular flexibility index (Phi) is 6.31. The smallest absolute Gasteiger partial charge is 0.338 e. The number of carbonyl (C=O) groups excluding carboxylic acids is 1. The first-order chi connectivity index (χ1) is 15.3. The predicted molar refractivity (Wildman–Crippen MR) is 113 cm³/mol. The Labute approximate surface area is 185 Å². The molecule has 0 unspecified atom stereocenters. The summed E-state index contributed by atoms with van der Waals surface area (Å²) in [5.74, 6) is -0.246. The van der Waals surface area contributed by atoms with Gasteiger partial charge in [0, 0.05) is 13.1 Å². The molecule has 1 aliphatic heterocycles. The molecule has 0 saturated carbocycles. The number of hydrogen-bond acceptors (Lipinski definition) is 8. The summed E-state index contributed by atoms with van der Waals surface area (Å²) in [6.45, 7) is 4.11. The van der Waals surface area contributed by atoms with Crippen LogP contribution in [-0.4, -0.2) is 64.2 Å². The lowest BCUT2D eigenvalue weighted by atomic mass is 10.2. The third kappa shape index (κ3) is 4.69. The number of benzene rings is 2. The minimum absolute atomic E-state index is 0.114. The van der Waals surface area contributed by atoms with E-state index in [1.54, 1.807) is 0 Å². The maximum atomic E-state index is 12.9. The maximum Gasteiger partial charge on any atom is 0.338 e. The molecule has 0 aliphatic carbocycles. The minimum atomic E-state index is -3.68. The van der Waals surface area contributed by atoms with E-state index in [0.29, 0.717) is 5.82 Å². The van der Waals surface area contributed by atoms with Gasteiger partial charge in [0.1, 0.15) is 0 Å². The van der Waals surface area contributed by atoms with Crippen LogP contribution in [0.25, 0.3) is 5.69 Å². The molecule has 0 spiro atoms. The Morgan fingerprint density at radius 1 is 1.06 bits per heavy atom. The third-order valence-corrected chi connectivity index (χ3v) is 6.83. The summed E-state index contributed by atoms with van der Waals surface area (Å²) in [5.41, 5.74) is 0.969. The van der Waals surface area contributed by atoms with E-state index in [-0.39, 0.29) is 42.4 Å². The molecule has 10 nitrogen and oxygen atoms in total. The van der Waals surface area contributed by atoms with Gasteiger partial charge in [-0.1, -0.05) is 18.2 Å². The molecule has 0 N–H and O–H groups in total. The van der Waals surface area contributed by atoms with E-state index in [2.05, 4.69) is 15.5 Å². The van der Waals surface area contributed by atoms with Crippen molar-refractivity contribution in [3.8, 4) is 5.69 Å². The highest BCUT2D eigenvalue weighted by molar-refractivity contribution is 7.89. The van der Waals surface area contributed by atoms with Gasteiger partial charge in [-0.3, -0.25) is 0 Å². The summed E-state index contributed by atoms with van der Waals surface area (Å²) in [5, 5.41) is 11.4. The van der Waals surface area contributed by atoms with Crippen LogP contribution in [0.2, 0.25) is 0 Å². The molecule has 3 aromatic rings. The number of esters is 1. The zero-order valence-corrected chi connectivity index (χ0v) is 18.5. The second kappa shape index (κ2) is 9.15. The number of hydrogen-bond donors (Lipinski definition) is 0. The van der Waals surface area contributed by atoms with Gasteiger partial charge in [-0.15, -0.1) is 5.10 Å². The van der Waals surface area contributed by atoms with E-state index in [4.69, 9.17) is 9.47 Å². The van der Waals surface area contributed by atoms with Gasteiger partial charge in [0.05, 0.1) is 28.4 Å². The number of morpholine rings is 1. The zero-order chi connectivity index (χ0) is 22.7. The Balaban J connectivity index is 1.43. The molecule has 2 aromatic carbocycles. The van der Waals surface area contributed by atoms with Gasteiger partial charge in [-0.05, 0) is 60.7 Å². The minimum Gasteiger partial charge on any atom is -0.454 e. The van der Waals surface area contributed by atoms with Crippen molar-refractivity contribution < 1.29 is 22.7 Å². The van der Waals surface area contributed by atoms with Crippen LogP contribution in [0.1, 0.15) is 30.0 Å². The molecular formula is C21H23N5O5S. The second-order valence-electron chi connectivity index (χ2n) is 7.52. The van der Waals surface area contributed by atoms with E-state index >= 15 is 0 Å². The summed E-state index contributed by atoms with van der Waals surface area (Å²) in [6, 6.07) is 14.9. The lowest BCUT2D eigenvalue weighted by molar-refractivity contribution is -0.0440. The lowest BCUT2D eigenvalue weighted by Gasteiger charge is -2.34. The van der Waals surface area contributed by atoms with Gasteiger partial charge in [-0.25, -0.2) is 13.2 Å². The van der Waals surface area contributed by atoms with Crippen molar-refractivity contribution >= 4 is 16.0 Å². The first kappa shape index (κ1) is 22.1. The fraction of sp³-hybridized carbons (Fsp3) is 0.333. The zero-order valence-electron chi connectivity index (χ0n) is 17.7. The van der Waals surface area contributed by atoms with Crippen molar-refractivity contribution in [1.29, 1.82) is 0 Å². The molecule has 4 rings (SSSR count). The predicted octanol–water partition coefficient (Wildman–Crippen LogP) is 1.82. The van der Waals surface area contributed by atoms with E-state index < -0.39 is 16.0 Å². The summed E-state index contributed by atoms with van der Waals surface area (Å²) in [4.78, 5) is 12.6. The second-order valence-corrected chi connectivity index (χ2v) is 9.46. The van der Waals surface area contributed by atoms with E-state index in [0.717, 1.165) is 5.69 Å². The number of nitrogens with zero attached hydrogens (tertiary/aromatic N) is 5. The van der Waals surface area contributed by atoms with Gasteiger partial charge in [-0.2, -0.15) is 8.99 Å². The summed E-state index contributed by atoms with van der Waals surface area (Å²) in [6.07, 6.45) is -0.370. The number of tetrazole rings is 1. The maximum absolute atomic E-state index is 12.9. The average Bonchev–Trinajstić information content (AvgIpc) is 3.26. The summed E-state index contributed by atoms with van der Waals surface area (Å²) in [7, 11) is -3.68. The molecule has 0 amide bonds. The number of aromatic nitrogens is 4. The Morgan fingerprint density at radius 3 is 2.38 bits per heavy atom. The number of ether oxygens (including phenoxy) is 2. The highest BCUT2D eigenvalue weighted by Gasteiger charge is 2.32. The van der Waals surface area contributed by atoms with Crippen molar-refractivity contribution in [1.82, 2.24) is 24.5 Å². The molecule has 1 saturated heterocycles. The Morgan fingerprint density at radius 2 is 1.72 bits per heavy atom. The molecule has 1 aliphatic rings. The molecule has 2 atom stereocenters. The molecular weight excluding hydrogens is 434 g/mol. The van der Waals surface area contributed by atoms with Crippen molar-refractivity contribution in [2.45, 2.75) is 37.6 Å². The van der Waals surface area contributed by atoms with Crippen LogP contribution in [0.4, 0.5) is 0 Å². The number of carbonyl (C=O) groups is 1. The van der Waals surface area contributed by atoms with Crippen LogP contribution in [0, 0.1) is 0 Å². The standard InChI is InChI=1S/C21H23N5O5S/c1-15-12-25(13-16(2)31-15)32(28,29)19-10-8-17(9-11-19)21(27)30-14-20-22-23-24-26(20)18-6-4-3-5-7-18/h3-11,15-16H,12-14H2,1-2H3/t15-,16+. The van der Waals surface area contributed by atoms with Crippen LogP contribution in [0.3, 0.4) is 0 Å². The largest absolute Gasteiger partial charge is 0.454 e. The van der Waals surface area contributed by atoms with Crippen molar-refractivity contribution in [3.05, 3.63) is 66.0 Å². The highest BCUT2D eigenvalue weighted by Crippen LogP contribution is 2.22. The molecule has 2 heterocycles. The average molecular weight is 458 g/mol. The molecule has 0 radical (unpaired) electrons. The molecule has 11 heteroatoms. The normalized spacial score (nSPS) is 19.6. The monoisotopic (exact) mass is 457 g/mol. The van der Waals surface area contributed by atoms with Crippen molar-refractivity contribution in [2.24, 2.45) is 0 Å². The van der Waals surface area contributed by atoms with Crippen LogP contribution in [-0.2, 0) is 26.1 Å². The first-order valence-electron chi connectivity index (χ1n) is 10.1. The topological polar surface area (TPSA) is 117 Å². The molecule has 32 heavy (non-hydrogen) atoms. The lowest BCUT2D eigenvalue weighted by Crippen LogP contribution is -2.48. The van der Waals surface area contributed by atoms with E-state index in [9.17, 15) is 13.2 Å². The summed E-state index contributed by atoms with van der Waals surface area (Å²) < 4.78 is 39.7. The quantitative estimate of drug-likeness (QED) is 0.515. The van der Waals surface area contributed by atoms with Crippen molar-refractivity contribution in [2.75, 3.05) is 13.1 Å². The van der Waals surface area contributed by atoms with Crippen LogP contribution >= 0.6 is 0 Å². The molecule has 0 bridgehead atoms. The van der Waals surface area contributed by atoms with Crippen LogP contribution < -0.4 is 0 Å². The highest BCUT2D eigenvalue weighted by atomic mass is 32.2. The molecule has 1 fully saturated rings. The van der Waals surface area contributed by atoms with Gasteiger partial charge in [0.2, 0.25) is 10.0 Å². The van der Waals surface area contributed by atoms with Gasteiger partial charge in [0.15, 0.2) is 12.4 Å². The Hall–Kier alpha value is -3.15. The number of rotatable bonds is 6. The van der Waals surface area contributed by atoms with Crippen LogP contribution in [0.15, 0.2) is 59.5 Å². The molecule has 168 valence electrons. The molecule has 1 aromatic heterocycles. The number of para-hydroxylation sites is 1. The van der Waals surface area contributed by atoms with Crippen molar-refractivity contribution in [3.63, 3.8) is 0 Å². The van der Waals surface area contributed by atoms with Crippen LogP contribution in [0.5, 0.6) is 0 Å².